The summed E-state index contributed by atoms with van der Waals surface area (Å²) in [5.41, 5.74) is 0. The van der Waals surface area contributed by atoms with Crippen molar-refractivity contribution in [3.8, 4) is 0 Å². The number of aliphatic hydroxyl groups excluding tert-OH is 7. The third kappa shape index (κ3) is 24.3. The van der Waals surface area contributed by atoms with E-state index in [9.17, 15) is 45.3 Å². The van der Waals surface area contributed by atoms with Crippen molar-refractivity contribution in [1.82, 2.24) is 0 Å². The second-order valence-electron chi connectivity index (χ2n) is 19.6. The average molecular weight is 959 g/mol. The normalized spacial score (nSPS) is 29.0. The Labute approximate surface area is 402 Å². The first kappa shape index (κ1) is 59.5. The van der Waals surface area contributed by atoms with Crippen LogP contribution in [-0.2, 0) is 38.0 Å². The molecule has 15 heteroatoms. The zero-order valence-electron chi connectivity index (χ0n) is 41.4. The largest absolute Gasteiger partial charge is 0.462 e. The quantitative estimate of drug-likeness (QED) is 0.0182. The predicted molar refractivity (Wildman–Crippen MR) is 255 cm³/mol. The summed E-state index contributed by atoms with van der Waals surface area (Å²) in [6.45, 7) is 2.31. The van der Waals surface area contributed by atoms with E-state index in [1.165, 1.54) is 103 Å². The summed E-state index contributed by atoms with van der Waals surface area (Å²) in [5, 5.41) is 72.4. The fourth-order valence-electron chi connectivity index (χ4n) is 9.24. The average Bonchev–Trinajstić information content (AvgIpc) is 4.08. The van der Waals surface area contributed by atoms with Crippen molar-refractivity contribution in [2.75, 3.05) is 26.4 Å². The summed E-state index contributed by atoms with van der Waals surface area (Å²) in [5.74, 6) is 0.881. The fraction of sp³-hybridized carbons (Fsp3) is 0.923. The van der Waals surface area contributed by atoms with Crippen molar-refractivity contribution in [2.24, 2.45) is 11.8 Å². The van der Waals surface area contributed by atoms with Crippen molar-refractivity contribution in [2.45, 2.75) is 268 Å². The molecule has 2 aliphatic heterocycles. The van der Waals surface area contributed by atoms with Crippen molar-refractivity contribution in [3.05, 3.63) is 12.2 Å². The molecule has 0 amide bonds. The zero-order valence-corrected chi connectivity index (χ0v) is 41.4. The summed E-state index contributed by atoms with van der Waals surface area (Å²) in [7, 11) is 0. The highest BCUT2D eigenvalue weighted by Gasteiger charge is 2.51. The molecule has 13 unspecified atom stereocenters. The number of aliphatic hydroxyl groups is 7. The van der Waals surface area contributed by atoms with E-state index >= 15 is 0 Å². The Morgan fingerprint density at radius 2 is 1.00 bits per heavy atom. The van der Waals surface area contributed by atoms with Gasteiger partial charge in [-0.15, -0.1) is 0 Å². The maximum Gasteiger partial charge on any atom is 0.306 e. The molecule has 0 aromatic heterocycles. The highest BCUT2D eigenvalue weighted by molar-refractivity contribution is 5.70. The van der Waals surface area contributed by atoms with Crippen molar-refractivity contribution < 1.29 is 73.8 Å². The summed E-state index contributed by atoms with van der Waals surface area (Å²) in [4.78, 5) is 26.0. The van der Waals surface area contributed by atoms with E-state index in [0.717, 1.165) is 69.6 Å². The number of unbranched alkanes of at least 4 members (excludes halogenated alkanes) is 20. The van der Waals surface area contributed by atoms with Crippen LogP contribution in [0.1, 0.15) is 200 Å². The van der Waals surface area contributed by atoms with Gasteiger partial charge in [-0.3, -0.25) is 9.59 Å². The van der Waals surface area contributed by atoms with Gasteiger partial charge in [0, 0.05) is 12.8 Å². The van der Waals surface area contributed by atoms with E-state index in [4.69, 9.17) is 28.4 Å². The van der Waals surface area contributed by atoms with E-state index in [2.05, 4.69) is 26.0 Å². The smallest absolute Gasteiger partial charge is 0.306 e. The van der Waals surface area contributed by atoms with Crippen molar-refractivity contribution in [1.29, 1.82) is 0 Å². The van der Waals surface area contributed by atoms with E-state index < -0.39 is 99.3 Å². The topological polar surface area (TPSA) is 231 Å². The van der Waals surface area contributed by atoms with Crippen LogP contribution >= 0.6 is 0 Å². The van der Waals surface area contributed by atoms with E-state index in [1.807, 2.05) is 0 Å². The van der Waals surface area contributed by atoms with Gasteiger partial charge in [-0.25, -0.2) is 0 Å². The molecule has 0 aromatic rings. The second-order valence-corrected chi connectivity index (χ2v) is 19.6. The molecule has 0 spiro atoms. The lowest BCUT2D eigenvalue weighted by Crippen LogP contribution is -2.64. The summed E-state index contributed by atoms with van der Waals surface area (Å²) < 4.78 is 34.2. The summed E-state index contributed by atoms with van der Waals surface area (Å²) >= 11 is 0. The van der Waals surface area contributed by atoms with Crippen LogP contribution in [0, 0.1) is 11.8 Å². The Balaban J connectivity index is 1.46. The van der Waals surface area contributed by atoms with Crippen LogP contribution < -0.4 is 0 Å². The molecule has 0 bridgehead atoms. The maximum atomic E-state index is 13.1. The highest BCUT2D eigenvalue weighted by Crippen LogP contribution is 2.46. The first-order valence-electron chi connectivity index (χ1n) is 26.7. The molecule has 13 atom stereocenters. The first-order chi connectivity index (χ1) is 32.5. The Hall–Kier alpha value is -1.76. The molecule has 7 N–H and O–H groups in total. The first-order valence-corrected chi connectivity index (χ1v) is 26.7. The minimum absolute atomic E-state index is 0.142. The van der Waals surface area contributed by atoms with Gasteiger partial charge in [0.15, 0.2) is 18.7 Å². The Morgan fingerprint density at radius 3 is 1.54 bits per heavy atom. The molecule has 392 valence electrons. The number of hydrogen-bond donors (Lipinski definition) is 7. The molecule has 3 fully saturated rings. The summed E-state index contributed by atoms with van der Waals surface area (Å²) in [6.07, 6.45) is 19.3. The molecule has 3 aliphatic rings. The zero-order chi connectivity index (χ0) is 48.7. The molecule has 0 radical (unpaired) electrons. The Morgan fingerprint density at radius 1 is 0.537 bits per heavy atom. The molecule has 2 heterocycles. The van der Waals surface area contributed by atoms with E-state index in [0.29, 0.717) is 12.8 Å². The number of carbonyl (C=O) groups excluding carboxylic acids is 2. The lowest BCUT2D eigenvalue weighted by molar-refractivity contribution is -0.368. The maximum absolute atomic E-state index is 13.1. The third-order valence-corrected chi connectivity index (χ3v) is 13.7. The van der Waals surface area contributed by atoms with Crippen LogP contribution in [0.3, 0.4) is 0 Å². The standard InChI is InChI=1S/C52H94O15/c1-3-5-7-9-11-12-13-14-15-16-17-18-19-23-28-32-44(56)64-40(36-62-43(55)31-27-24-20-22-26-30-39-33-38(39)29-25-21-10-8-6-4-2)37-63-52-50(48(60)46(58)42(35-54)66-52)67-51-49(61)47(59)45(57)41(34-53)65-51/h14-15,38-42,45-54,57-61H,3-13,16-37H2,1-2H3. The van der Waals surface area contributed by atoms with Crippen LogP contribution in [0.15, 0.2) is 12.2 Å². The van der Waals surface area contributed by atoms with Crippen LogP contribution in [-0.4, -0.2) is 142 Å². The fourth-order valence-corrected chi connectivity index (χ4v) is 9.24. The molecular formula is C52H94O15. The van der Waals surface area contributed by atoms with Gasteiger partial charge >= 0.3 is 11.9 Å². The predicted octanol–water partition coefficient (Wildman–Crippen LogP) is 7.24. The lowest BCUT2D eigenvalue weighted by atomic mass is 9.97. The van der Waals surface area contributed by atoms with Gasteiger partial charge in [-0.05, 0) is 56.8 Å². The SMILES string of the molecule is CCCCCCCCC=CCCCCCCCC(=O)OC(COC(=O)CCCCCCCC1CC1CCCCCCCC)COC1OC(CO)C(O)C(O)C1OC1OC(CO)C(O)C(O)C1O. The van der Waals surface area contributed by atoms with Crippen molar-refractivity contribution >= 4 is 11.9 Å². The Bertz CT molecular complexity index is 1290. The van der Waals surface area contributed by atoms with Gasteiger partial charge in [0.2, 0.25) is 0 Å². The number of hydrogen-bond acceptors (Lipinski definition) is 15. The van der Waals surface area contributed by atoms with Gasteiger partial charge in [0.05, 0.1) is 19.8 Å². The minimum Gasteiger partial charge on any atom is -0.462 e. The number of ether oxygens (including phenoxy) is 6. The molecule has 15 nitrogen and oxygen atoms in total. The molecule has 2 saturated heterocycles. The molecule has 67 heavy (non-hydrogen) atoms. The van der Waals surface area contributed by atoms with E-state index in [-0.39, 0.29) is 19.4 Å². The lowest BCUT2D eigenvalue weighted by Gasteiger charge is -2.46. The molecule has 3 rings (SSSR count). The van der Waals surface area contributed by atoms with Gasteiger partial charge in [0.25, 0.3) is 0 Å². The number of carbonyl (C=O) groups is 2. The van der Waals surface area contributed by atoms with Gasteiger partial charge in [0.1, 0.15) is 55.4 Å². The van der Waals surface area contributed by atoms with E-state index in [1.54, 1.807) is 0 Å². The number of rotatable bonds is 40. The van der Waals surface area contributed by atoms with Crippen LogP contribution in [0.4, 0.5) is 0 Å². The van der Waals surface area contributed by atoms with Crippen molar-refractivity contribution in [3.63, 3.8) is 0 Å². The monoisotopic (exact) mass is 959 g/mol. The van der Waals surface area contributed by atoms with Crippen LogP contribution in [0.25, 0.3) is 0 Å². The van der Waals surface area contributed by atoms with Gasteiger partial charge in [-0.2, -0.15) is 0 Å². The van der Waals surface area contributed by atoms with Crippen LogP contribution in [0.2, 0.25) is 0 Å². The molecule has 1 aliphatic carbocycles. The number of allylic oxidation sites excluding steroid dienone is 2. The molecule has 0 aromatic carbocycles. The highest BCUT2D eigenvalue weighted by atomic mass is 16.8. The Kier molecular flexibility index (Phi) is 32.2. The van der Waals surface area contributed by atoms with Gasteiger partial charge in [-0.1, -0.05) is 154 Å². The summed E-state index contributed by atoms with van der Waals surface area (Å²) in [6, 6.07) is 0. The van der Waals surface area contributed by atoms with Gasteiger partial charge < -0.3 is 64.2 Å². The molecular weight excluding hydrogens is 865 g/mol. The van der Waals surface area contributed by atoms with Crippen LogP contribution in [0.5, 0.6) is 0 Å². The third-order valence-electron chi connectivity index (χ3n) is 13.7. The second kappa shape index (κ2) is 36.2. The number of esters is 2. The minimum atomic E-state index is -1.84. The molecule has 1 saturated carbocycles.